The quantitative estimate of drug-likeness (QED) is 0.361. The summed E-state index contributed by atoms with van der Waals surface area (Å²) in [7, 11) is 0. The molecule has 2 aromatic carbocycles. The summed E-state index contributed by atoms with van der Waals surface area (Å²) in [6, 6.07) is 7.72. The molecule has 0 radical (unpaired) electrons. The van der Waals surface area contributed by atoms with Crippen LogP contribution in [0, 0.1) is 23.4 Å². The normalized spacial score (nSPS) is 19.6. The Morgan fingerprint density at radius 2 is 1.82 bits per heavy atom. The predicted molar refractivity (Wildman–Crippen MR) is 107 cm³/mol. The van der Waals surface area contributed by atoms with Crippen molar-refractivity contribution in [1.29, 1.82) is 0 Å². The van der Waals surface area contributed by atoms with Crippen molar-refractivity contribution >= 4 is 0 Å². The Bertz CT molecular complexity index is 823. The van der Waals surface area contributed by atoms with Crippen LogP contribution in [0.5, 0.6) is 0 Å². The minimum atomic E-state index is -1.02. The molecule has 3 rings (SSSR count). The van der Waals surface area contributed by atoms with Crippen LogP contribution in [0.3, 0.4) is 0 Å². The van der Waals surface area contributed by atoms with E-state index in [-0.39, 0.29) is 22.6 Å². The van der Waals surface area contributed by atoms with Crippen LogP contribution >= 0.6 is 0 Å². The van der Waals surface area contributed by atoms with Gasteiger partial charge in [0.05, 0.1) is 12.7 Å². The first-order valence-electron chi connectivity index (χ1n) is 10.1. The van der Waals surface area contributed by atoms with Crippen LogP contribution < -0.4 is 0 Å². The average molecular weight is 388 g/mol. The lowest BCUT2D eigenvalue weighted by molar-refractivity contribution is -0.00732. The highest BCUT2D eigenvalue weighted by Crippen LogP contribution is 2.36. The first-order chi connectivity index (χ1) is 13.5. The van der Waals surface area contributed by atoms with Crippen LogP contribution in [-0.4, -0.2) is 6.61 Å². The first kappa shape index (κ1) is 20.7. The molecule has 4 heteroatoms. The molecule has 0 amide bonds. The molecule has 1 saturated heterocycles. The maximum absolute atomic E-state index is 14.8. The van der Waals surface area contributed by atoms with Gasteiger partial charge in [-0.2, -0.15) is 0 Å². The molecule has 150 valence electrons. The van der Waals surface area contributed by atoms with E-state index in [0.29, 0.717) is 13.0 Å². The summed E-state index contributed by atoms with van der Waals surface area (Å²) in [6.45, 7) is 6.31. The molecule has 0 saturated carbocycles. The fraction of sp³-hybridized carbons (Fsp3) is 0.417. The Morgan fingerprint density at radius 1 is 1.04 bits per heavy atom. The number of aryl methyl sites for hydroxylation is 1. The van der Waals surface area contributed by atoms with Crippen molar-refractivity contribution in [2.45, 2.75) is 51.6 Å². The third kappa shape index (κ3) is 4.49. The number of halogens is 3. The van der Waals surface area contributed by atoms with Crippen LogP contribution in [0.1, 0.15) is 56.3 Å². The number of hydrogen-bond donors (Lipinski definition) is 0. The smallest absolute Gasteiger partial charge is 0.167 e. The largest absolute Gasteiger partial charge is 0.373 e. The van der Waals surface area contributed by atoms with Gasteiger partial charge in [0.2, 0.25) is 0 Å². The fourth-order valence-electron chi connectivity index (χ4n) is 3.74. The molecular formula is C24H27F3O. The predicted octanol–water partition coefficient (Wildman–Crippen LogP) is 7.16. The van der Waals surface area contributed by atoms with Crippen LogP contribution in [0.25, 0.3) is 11.1 Å². The molecule has 0 bridgehead atoms. The summed E-state index contributed by atoms with van der Waals surface area (Å²) < 4.78 is 49.7. The minimum absolute atomic E-state index is 0.0568. The number of benzene rings is 2. The van der Waals surface area contributed by atoms with E-state index < -0.39 is 23.6 Å². The second-order valence-electron chi connectivity index (χ2n) is 7.50. The lowest BCUT2D eigenvalue weighted by Crippen LogP contribution is -2.20. The molecule has 2 atom stereocenters. The van der Waals surface area contributed by atoms with Crippen molar-refractivity contribution in [3.05, 3.63) is 71.6 Å². The third-order valence-electron chi connectivity index (χ3n) is 5.50. The lowest BCUT2D eigenvalue weighted by Gasteiger charge is -2.28. The molecule has 1 aliphatic heterocycles. The molecule has 0 N–H and O–H groups in total. The topological polar surface area (TPSA) is 9.23 Å². The third-order valence-corrected chi connectivity index (χ3v) is 5.50. The van der Waals surface area contributed by atoms with Crippen LogP contribution in [0.15, 0.2) is 43.0 Å². The van der Waals surface area contributed by atoms with Gasteiger partial charge in [-0.3, -0.25) is 0 Å². The van der Waals surface area contributed by atoms with Crippen molar-refractivity contribution in [2.75, 3.05) is 6.61 Å². The Hall–Kier alpha value is -2.07. The van der Waals surface area contributed by atoms with E-state index in [1.54, 1.807) is 12.1 Å². The zero-order valence-corrected chi connectivity index (χ0v) is 16.3. The molecule has 2 aromatic rings. The van der Waals surface area contributed by atoms with Crippen LogP contribution in [-0.2, 0) is 11.2 Å². The van der Waals surface area contributed by atoms with Gasteiger partial charge in [0, 0.05) is 22.6 Å². The zero-order valence-electron chi connectivity index (χ0n) is 16.3. The summed E-state index contributed by atoms with van der Waals surface area (Å²) in [4.78, 5) is 0. The molecule has 1 nitrogen and oxygen atoms in total. The molecule has 1 aliphatic rings. The number of rotatable bonds is 7. The van der Waals surface area contributed by atoms with Crippen molar-refractivity contribution < 1.29 is 17.9 Å². The fourth-order valence-corrected chi connectivity index (χ4v) is 3.74. The summed E-state index contributed by atoms with van der Waals surface area (Å²) in [5, 5.41) is 0. The standard InChI is InChI=1S/C24H27F3O/c1-3-5-6-7-17-8-10-18(21(25)14-17)19-11-12-20(24(27)23(19)26)22-13-9-16(4-2)15-28-22/h4,8,10-12,14,16,22H,2-3,5-7,9,13,15H2,1H3. The highest BCUT2D eigenvalue weighted by atomic mass is 19.2. The Kier molecular flexibility index (Phi) is 6.95. The number of hydrogen-bond acceptors (Lipinski definition) is 1. The SMILES string of the molecule is C=CC1CCC(c2ccc(-c3ccc(CCCCC)cc3F)c(F)c2F)OC1. The van der Waals surface area contributed by atoms with Crippen molar-refractivity contribution in [1.82, 2.24) is 0 Å². The van der Waals surface area contributed by atoms with Gasteiger partial charge < -0.3 is 4.74 Å². The van der Waals surface area contributed by atoms with E-state index >= 15 is 0 Å². The molecular weight excluding hydrogens is 361 g/mol. The molecule has 0 spiro atoms. The molecule has 1 fully saturated rings. The highest BCUT2D eigenvalue weighted by Gasteiger charge is 2.26. The van der Waals surface area contributed by atoms with Gasteiger partial charge in [0.15, 0.2) is 11.6 Å². The van der Waals surface area contributed by atoms with E-state index in [0.717, 1.165) is 37.7 Å². The van der Waals surface area contributed by atoms with Crippen LogP contribution in [0.4, 0.5) is 13.2 Å². The monoisotopic (exact) mass is 388 g/mol. The highest BCUT2D eigenvalue weighted by molar-refractivity contribution is 5.66. The Labute approximate surface area is 165 Å². The second-order valence-corrected chi connectivity index (χ2v) is 7.50. The van der Waals surface area contributed by atoms with Gasteiger partial charge in [-0.25, -0.2) is 13.2 Å². The van der Waals surface area contributed by atoms with Gasteiger partial charge >= 0.3 is 0 Å². The number of unbranched alkanes of at least 4 members (excludes halogenated alkanes) is 2. The van der Waals surface area contributed by atoms with E-state index in [4.69, 9.17) is 4.74 Å². The second kappa shape index (κ2) is 9.42. The lowest BCUT2D eigenvalue weighted by atomic mass is 9.92. The van der Waals surface area contributed by atoms with E-state index in [2.05, 4.69) is 13.5 Å². The Balaban J connectivity index is 1.82. The van der Waals surface area contributed by atoms with E-state index in [9.17, 15) is 13.2 Å². The van der Waals surface area contributed by atoms with Gasteiger partial charge in [0.25, 0.3) is 0 Å². The van der Waals surface area contributed by atoms with Crippen molar-refractivity contribution in [3.8, 4) is 11.1 Å². The maximum Gasteiger partial charge on any atom is 0.167 e. The van der Waals surface area contributed by atoms with Crippen molar-refractivity contribution in [2.24, 2.45) is 5.92 Å². The van der Waals surface area contributed by atoms with Gasteiger partial charge in [-0.15, -0.1) is 6.58 Å². The van der Waals surface area contributed by atoms with Gasteiger partial charge in [-0.1, -0.05) is 50.1 Å². The molecule has 2 unspecified atom stereocenters. The molecule has 1 heterocycles. The molecule has 0 aromatic heterocycles. The zero-order chi connectivity index (χ0) is 20.1. The van der Waals surface area contributed by atoms with E-state index in [1.807, 2.05) is 6.08 Å². The van der Waals surface area contributed by atoms with E-state index in [1.165, 1.54) is 18.2 Å². The minimum Gasteiger partial charge on any atom is -0.373 e. The summed E-state index contributed by atoms with van der Waals surface area (Å²) in [6.07, 6.45) is 6.72. The summed E-state index contributed by atoms with van der Waals surface area (Å²) >= 11 is 0. The van der Waals surface area contributed by atoms with Crippen molar-refractivity contribution in [3.63, 3.8) is 0 Å². The average Bonchev–Trinajstić information content (AvgIpc) is 2.71. The first-order valence-corrected chi connectivity index (χ1v) is 10.1. The van der Waals surface area contributed by atoms with Gasteiger partial charge in [0.1, 0.15) is 5.82 Å². The molecule has 0 aliphatic carbocycles. The van der Waals surface area contributed by atoms with Gasteiger partial charge in [-0.05, 0) is 37.3 Å². The molecule has 28 heavy (non-hydrogen) atoms. The maximum atomic E-state index is 14.8. The number of ether oxygens (including phenoxy) is 1. The Morgan fingerprint density at radius 3 is 2.46 bits per heavy atom. The van der Waals surface area contributed by atoms with Crippen LogP contribution in [0.2, 0.25) is 0 Å². The summed E-state index contributed by atoms with van der Waals surface area (Å²) in [5.74, 6) is -2.26. The summed E-state index contributed by atoms with van der Waals surface area (Å²) in [5.41, 5.74) is 1.09.